The van der Waals surface area contributed by atoms with E-state index < -0.39 is 16.9 Å². The number of alkyl halides is 1. The van der Waals surface area contributed by atoms with Crippen molar-refractivity contribution in [3.63, 3.8) is 0 Å². The number of esters is 1. The number of rotatable bonds is 12. The van der Waals surface area contributed by atoms with Crippen LogP contribution in [0, 0.1) is 11.8 Å². The zero-order chi connectivity index (χ0) is 23.8. The highest BCUT2D eigenvalue weighted by molar-refractivity contribution is 7.85. The molecular formula is C25H34ClNO4S2. The number of carbonyl (C=O) groups is 1. The van der Waals surface area contributed by atoms with Crippen molar-refractivity contribution >= 4 is 39.7 Å². The maximum atomic E-state index is 13.2. The number of benzene rings is 1. The number of methoxy groups -OCH3 is 1. The number of aromatic nitrogens is 1. The number of aliphatic hydroxyl groups is 1. The van der Waals surface area contributed by atoms with Gasteiger partial charge in [-0.05, 0) is 68.1 Å². The fourth-order valence-corrected chi connectivity index (χ4v) is 7.48. The number of hydrogen-bond donors (Lipinski definition) is 1. The number of hydrogen-bond acceptors (Lipinski definition) is 6. The normalized spacial score (nSPS) is 22.2. The molecule has 1 saturated carbocycles. The first kappa shape index (κ1) is 26.3. The van der Waals surface area contributed by atoms with Crippen molar-refractivity contribution < 1.29 is 18.8 Å². The summed E-state index contributed by atoms with van der Waals surface area (Å²) in [4.78, 5) is 17.2. The highest BCUT2D eigenvalue weighted by Crippen LogP contribution is 2.40. The number of halogens is 1. The van der Waals surface area contributed by atoms with Gasteiger partial charge in [-0.15, -0.1) is 22.9 Å². The second kappa shape index (κ2) is 13.0. The Bertz CT molecular complexity index is 935. The van der Waals surface area contributed by atoms with Gasteiger partial charge in [-0.25, -0.2) is 9.78 Å². The fraction of sp³-hybridized carbons (Fsp3) is 0.600. The Hall–Kier alpha value is -1.28. The van der Waals surface area contributed by atoms with E-state index in [1.807, 2.05) is 24.3 Å². The van der Waals surface area contributed by atoms with Crippen molar-refractivity contribution in [3.8, 4) is 0 Å². The average Bonchev–Trinajstić information content (AvgIpc) is 3.44. The molecule has 2 aromatic rings. The summed E-state index contributed by atoms with van der Waals surface area (Å²) in [6.07, 6.45) is 8.60. The van der Waals surface area contributed by atoms with Gasteiger partial charge in [-0.3, -0.25) is 4.21 Å². The van der Waals surface area contributed by atoms with Crippen LogP contribution in [0.25, 0.3) is 0 Å². The largest absolute Gasteiger partial charge is 0.465 e. The zero-order valence-electron chi connectivity index (χ0n) is 19.4. The van der Waals surface area contributed by atoms with E-state index in [4.69, 9.17) is 16.3 Å². The summed E-state index contributed by atoms with van der Waals surface area (Å²) in [5, 5.41) is 11.4. The summed E-state index contributed by atoms with van der Waals surface area (Å²) in [7, 11) is 0.225. The molecule has 1 fully saturated rings. The minimum absolute atomic E-state index is 0.0445. The average molecular weight is 512 g/mol. The number of aryl methyl sites for hydroxylation is 1. The second-order valence-corrected chi connectivity index (χ2v) is 11.9. The molecule has 1 aliphatic rings. The maximum absolute atomic E-state index is 13.2. The first-order valence-electron chi connectivity index (χ1n) is 11.8. The quantitative estimate of drug-likeness (QED) is 0.283. The molecule has 1 aromatic heterocycles. The van der Waals surface area contributed by atoms with Gasteiger partial charge in [0.1, 0.15) is 4.88 Å². The lowest BCUT2D eigenvalue weighted by Crippen LogP contribution is -2.22. The lowest BCUT2D eigenvalue weighted by Gasteiger charge is -2.21. The van der Waals surface area contributed by atoms with Crippen LogP contribution in [0.2, 0.25) is 0 Å². The summed E-state index contributed by atoms with van der Waals surface area (Å²) in [6, 6.07) is 7.58. The summed E-state index contributed by atoms with van der Waals surface area (Å²) < 4.78 is 17.9. The SMILES string of the molecule is CCCCC(O)c1cccc(S(=O)C[C@H]2C(Cl)CC[C@@H]2CCCc2ncc(C(=O)OC)s2)c1. The molecule has 0 spiro atoms. The van der Waals surface area contributed by atoms with Crippen molar-refractivity contribution in [3.05, 3.63) is 45.9 Å². The van der Waals surface area contributed by atoms with E-state index in [0.717, 1.165) is 66.8 Å². The Kier molecular flexibility index (Phi) is 10.4. The monoisotopic (exact) mass is 511 g/mol. The lowest BCUT2D eigenvalue weighted by molar-refractivity contribution is 0.0606. The van der Waals surface area contributed by atoms with Crippen LogP contribution < -0.4 is 0 Å². The van der Waals surface area contributed by atoms with Crippen molar-refractivity contribution in [2.45, 2.75) is 74.7 Å². The number of thiazole rings is 1. The Balaban J connectivity index is 1.55. The van der Waals surface area contributed by atoms with Gasteiger partial charge in [0.15, 0.2) is 0 Å². The third-order valence-corrected chi connectivity index (χ3v) is 9.52. The van der Waals surface area contributed by atoms with Crippen molar-refractivity contribution in [1.29, 1.82) is 0 Å². The molecule has 3 rings (SSSR count). The first-order valence-corrected chi connectivity index (χ1v) is 14.3. The van der Waals surface area contributed by atoms with E-state index in [1.54, 1.807) is 6.20 Å². The maximum Gasteiger partial charge on any atom is 0.349 e. The van der Waals surface area contributed by atoms with Gasteiger partial charge < -0.3 is 9.84 Å². The van der Waals surface area contributed by atoms with Gasteiger partial charge >= 0.3 is 5.97 Å². The minimum Gasteiger partial charge on any atom is -0.465 e. The van der Waals surface area contributed by atoms with Crippen LogP contribution in [0.15, 0.2) is 35.4 Å². The molecule has 1 N–H and O–H groups in total. The van der Waals surface area contributed by atoms with E-state index in [0.29, 0.717) is 16.5 Å². The molecule has 182 valence electrons. The molecule has 0 bridgehead atoms. The van der Waals surface area contributed by atoms with E-state index >= 15 is 0 Å². The molecule has 33 heavy (non-hydrogen) atoms. The molecular weight excluding hydrogens is 478 g/mol. The van der Waals surface area contributed by atoms with Crippen molar-refractivity contribution in [2.75, 3.05) is 12.9 Å². The number of unbranched alkanes of at least 4 members (excludes halogenated alkanes) is 1. The van der Waals surface area contributed by atoms with Gasteiger partial charge in [-0.1, -0.05) is 31.9 Å². The first-order chi connectivity index (χ1) is 15.9. The highest BCUT2D eigenvalue weighted by atomic mass is 35.5. The Morgan fingerprint density at radius 3 is 2.94 bits per heavy atom. The molecule has 5 nitrogen and oxygen atoms in total. The second-order valence-electron chi connectivity index (χ2n) is 8.76. The number of ether oxygens (including phenoxy) is 1. The molecule has 0 saturated heterocycles. The van der Waals surface area contributed by atoms with Crippen LogP contribution in [0.4, 0.5) is 0 Å². The molecule has 5 atom stereocenters. The lowest BCUT2D eigenvalue weighted by atomic mass is 9.92. The number of carbonyl (C=O) groups excluding carboxylic acids is 1. The van der Waals surface area contributed by atoms with Crippen LogP contribution in [0.3, 0.4) is 0 Å². The molecule has 0 aliphatic heterocycles. The smallest absolute Gasteiger partial charge is 0.349 e. The van der Waals surface area contributed by atoms with Crippen molar-refractivity contribution in [2.24, 2.45) is 11.8 Å². The van der Waals surface area contributed by atoms with Crippen LogP contribution in [0.1, 0.15) is 78.2 Å². The third kappa shape index (κ3) is 7.35. The zero-order valence-corrected chi connectivity index (χ0v) is 21.8. The van der Waals surface area contributed by atoms with Gasteiger partial charge in [0.05, 0.1) is 35.2 Å². The molecule has 0 radical (unpaired) electrons. The van der Waals surface area contributed by atoms with Crippen LogP contribution in [-0.4, -0.2) is 38.5 Å². The molecule has 1 aliphatic carbocycles. The molecule has 1 heterocycles. The van der Waals surface area contributed by atoms with Crippen molar-refractivity contribution in [1.82, 2.24) is 4.98 Å². The van der Waals surface area contributed by atoms with Gasteiger partial charge in [-0.2, -0.15) is 0 Å². The standard InChI is InChI=1S/C25H34ClNO4S2/c1-3-4-10-22(28)18-8-5-9-19(14-18)33(30)16-20-17(12-13-21(20)26)7-6-11-24-27-15-23(32-24)25(29)31-2/h5,8-9,14-15,17,20-22,28H,3-4,6-7,10-13,16H2,1-2H3/t17-,20+,21?,22?,33?/m0/s1. The topological polar surface area (TPSA) is 76.5 Å². The van der Waals surface area contributed by atoms with Crippen LogP contribution in [0.5, 0.6) is 0 Å². The fourth-order valence-electron chi connectivity index (χ4n) is 4.53. The minimum atomic E-state index is -1.15. The summed E-state index contributed by atoms with van der Waals surface area (Å²) in [6.45, 7) is 2.11. The summed E-state index contributed by atoms with van der Waals surface area (Å²) in [5.74, 6) is 0.860. The predicted octanol–water partition coefficient (Wildman–Crippen LogP) is 5.92. The van der Waals surface area contributed by atoms with Gasteiger partial charge in [0.25, 0.3) is 0 Å². The van der Waals surface area contributed by atoms with E-state index in [-0.39, 0.29) is 17.3 Å². The van der Waals surface area contributed by atoms with Gasteiger partial charge in [0, 0.05) is 16.0 Å². The predicted molar refractivity (Wildman–Crippen MR) is 134 cm³/mol. The molecule has 8 heteroatoms. The Morgan fingerprint density at radius 2 is 2.18 bits per heavy atom. The number of aliphatic hydroxyl groups excluding tert-OH is 1. The van der Waals surface area contributed by atoms with E-state index in [9.17, 15) is 14.1 Å². The van der Waals surface area contributed by atoms with Crippen LogP contribution in [-0.2, 0) is 22.0 Å². The van der Waals surface area contributed by atoms with Gasteiger partial charge in [0.2, 0.25) is 0 Å². The van der Waals surface area contributed by atoms with E-state index in [2.05, 4.69) is 11.9 Å². The summed E-state index contributed by atoms with van der Waals surface area (Å²) in [5.41, 5.74) is 0.842. The molecule has 0 amide bonds. The Morgan fingerprint density at radius 1 is 1.36 bits per heavy atom. The molecule has 1 aromatic carbocycles. The highest BCUT2D eigenvalue weighted by Gasteiger charge is 2.35. The summed E-state index contributed by atoms with van der Waals surface area (Å²) >= 11 is 8.04. The third-order valence-electron chi connectivity index (χ3n) is 6.47. The van der Waals surface area contributed by atoms with Crippen LogP contribution >= 0.6 is 22.9 Å². The molecule has 3 unspecified atom stereocenters. The number of nitrogens with zero attached hydrogens (tertiary/aromatic N) is 1. The Labute approximate surface area is 208 Å². The van der Waals surface area contributed by atoms with E-state index in [1.165, 1.54) is 18.4 Å².